The maximum atomic E-state index is 6.40. The zero-order chi connectivity index (χ0) is 14.3. The van der Waals surface area contributed by atoms with Crippen molar-refractivity contribution >= 4 is 29.0 Å². The molecule has 2 aromatic heterocycles. The Bertz CT molecular complexity index is 800. The Hall–Kier alpha value is -1.85. The summed E-state index contributed by atoms with van der Waals surface area (Å²) in [5.74, 6) is 0.300. The van der Waals surface area contributed by atoms with Crippen molar-refractivity contribution in [3.05, 3.63) is 40.1 Å². The summed E-state index contributed by atoms with van der Waals surface area (Å²) in [6, 6.07) is 7.97. The number of aryl methyl sites for hydroxylation is 1. The van der Waals surface area contributed by atoms with Gasteiger partial charge in [0.15, 0.2) is 0 Å². The minimum atomic E-state index is 0.192. The van der Waals surface area contributed by atoms with Gasteiger partial charge in [0.05, 0.1) is 12.7 Å². The molecule has 0 fully saturated rings. The maximum absolute atomic E-state index is 6.40. The van der Waals surface area contributed by atoms with Gasteiger partial charge in [-0.2, -0.15) is 14.5 Å². The SMILES string of the molecule is COc1nc2nc(Cl)c(-c3ccccc3C)c(Cl)n2n1. The Morgan fingerprint density at radius 2 is 1.90 bits per heavy atom. The Morgan fingerprint density at radius 1 is 1.15 bits per heavy atom. The first-order valence-corrected chi connectivity index (χ1v) is 6.59. The molecule has 3 aromatic rings. The van der Waals surface area contributed by atoms with E-state index >= 15 is 0 Å². The van der Waals surface area contributed by atoms with Crippen molar-refractivity contribution in [1.29, 1.82) is 0 Å². The second-order valence-corrected chi connectivity index (χ2v) is 4.91. The molecule has 102 valence electrons. The smallest absolute Gasteiger partial charge is 0.337 e. The minimum absolute atomic E-state index is 0.192. The fourth-order valence-electron chi connectivity index (χ4n) is 1.99. The molecule has 7 heteroatoms. The van der Waals surface area contributed by atoms with E-state index in [1.807, 2.05) is 31.2 Å². The summed E-state index contributed by atoms with van der Waals surface area (Å²) in [5, 5.41) is 4.75. The molecule has 5 nitrogen and oxygen atoms in total. The van der Waals surface area contributed by atoms with Crippen LogP contribution in [0.25, 0.3) is 16.9 Å². The summed E-state index contributed by atoms with van der Waals surface area (Å²) in [4.78, 5) is 8.27. The normalized spacial score (nSPS) is 11.0. The van der Waals surface area contributed by atoms with E-state index in [-0.39, 0.29) is 11.2 Å². The van der Waals surface area contributed by atoms with Gasteiger partial charge in [0.2, 0.25) is 0 Å². The van der Waals surface area contributed by atoms with E-state index in [0.29, 0.717) is 16.5 Å². The molecule has 0 aliphatic rings. The molecule has 0 bridgehead atoms. The molecule has 1 aromatic carbocycles. The van der Waals surface area contributed by atoms with Gasteiger partial charge in [-0.15, -0.1) is 5.10 Å². The van der Waals surface area contributed by atoms with E-state index in [2.05, 4.69) is 15.1 Å². The number of hydrogen-bond acceptors (Lipinski definition) is 4. The van der Waals surface area contributed by atoms with Crippen molar-refractivity contribution in [1.82, 2.24) is 19.6 Å². The third kappa shape index (κ3) is 1.99. The highest BCUT2D eigenvalue weighted by molar-refractivity contribution is 6.38. The monoisotopic (exact) mass is 308 g/mol. The lowest BCUT2D eigenvalue weighted by atomic mass is 10.0. The molecule has 0 atom stereocenters. The fraction of sp³-hybridized carbons (Fsp3) is 0.154. The standard InChI is InChI=1S/C13H10Cl2N4O/c1-7-5-3-4-6-8(7)9-10(14)16-12-17-13(20-2)18-19(12)11(9)15/h3-6H,1-2H3. The number of fused-ring (bicyclic) bond motifs is 1. The highest BCUT2D eigenvalue weighted by atomic mass is 35.5. The fourth-order valence-corrected chi connectivity index (χ4v) is 2.61. The lowest BCUT2D eigenvalue weighted by Gasteiger charge is -2.09. The number of hydrogen-bond donors (Lipinski definition) is 0. The highest BCUT2D eigenvalue weighted by Crippen LogP contribution is 2.35. The molecule has 0 spiro atoms. The van der Waals surface area contributed by atoms with E-state index in [1.165, 1.54) is 11.6 Å². The summed E-state index contributed by atoms with van der Waals surface area (Å²) >= 11 is 12.7. The highest BCUT2D eigenvalue weighted by Gasteiger charge is 2.18. The summed E-state index contributed by atoms with van der Waals surface area (Å²) in [6.07, 6.45) is 0. The number of aromatic nitrogens is 4. The van der Waals surface area contributed by atoms with Crippen molar-refractivity contribution in [2.45, 2.75) is 6.92 Å². The quantitative estimate of drug-likeness (QED) is 0.681. The van der Waals surface area contributed by atoms with Crippen LogP contribution in [0.15, 0.2) is 24.3 Å². The molecule has 0 unspecified atom stereocenters. The Morgan fingerprint density at radius 3 is 2.60 bits per heavy atom. The summed E-state index contributed by atoms with van der Waals surface area (Å²) in [7, 11) is 1.48. The van der Waals surface area contributed by atoms with E-state index in [9.17, 15) is 0 Å². The van der Waals surface area contributed by atoms with Crippen LogP contribution in [-0.4, -0.2) is 26.7 Å². The number of halogens is 2. The second-order valence-electron chi connectivity index (χ2n) is 4.19. The van der Waals surface area contributed by atoms with Crippen LogP contribution in [0.4, 0.5) is 0 Å². The number of rotatable bonds is 2. The number of methoxy groups -OCH3 is 1. The first-order valence-electron chi connectivity index (χ1n) is 5.83. The van der Waals surface area contributed by atoms with E-state index in [0.717, 1.165) is 11.1 Å². The maximum Gasteiger partial charge on any atom is 0.337 e. The predicted octanol–water partition coefficient (Wildman–Crippen LogP) is 3.42. The molecule has 0 N–H and O–H groups in total. The summed E-state index contributed by atoms with van der Waals surface area (Å²) < 4.78 is 6.39. The first-order chi connectivity index (χ1) is 9.61. The summed E-state index contributed by atoms with van der Waals surface area (Å²) in [5.41, 5.74) is 2.59. The van der Waals surface area contributed by atoms with Gasteiger partial charge >= 0.3 is 6.01 Å². The molecular weight excluding hydrogens is 299 g/mol. The summed E-state index contributed by atoms with van der Waals surface area (Å²) in [6.45, 7) is 1.98. The van der Waals surface area contributed by atoms with Gasteiger partial charge in [0, 0.05) is 0 Å². The van der Waals surface area contributed by atoms with Crippen molar-refractivity contribution in [2.24, 2.45) is 0 Å². The van der Waals surface area contributed by atoms with Crippen LogP contribution in [0.3, 0.4) is 0 Å². The van der Waals surface area contributed by atoms with Gasteiger partial charge in [-0.3, -0.25) is 0 Å². The molecule has 0 aliphatic carbocycles. The zero-order valence-electron chi connectivity index (χ0n) is 10.8. The van der Waals surface area contributed by atoms with E-state index < -0.39 is 0 Å². The van der Waals surface area contributed by atoms with Gasteiger partial charge in [-0.25, -0.2) is 0 Å². The van der Waals surface area contributed by atoms with Crippen molar-refractivity contribution in [3.8, 4) is 17.1 Å². The van der Waals surface area contributed by atoms with Crippen LogP contribution in [0.2, 0.25) is 10.3 Å². The Labute approximate surface area is 125 Å². The predicted molar refractivity (Wildman–Crippen MR) is 77.5 cm³/mol. The van der Waals surface area contributed by atoms with E-state index in [4.69, 9.17) is 27.9 Å². The van der Waals surface area contributed by atoms with Crippen LogP contribution in [0, 0.1) is 6.92 Å². The van der Waals surface area contributed by atoms with E-state index in [1.54, 1.807) is 0 Å². The molecule has 2 heterocycles. The van der Waals surface area contributed by atoms with Crippen LogP contribution in [0.5, 0.6) is 6.01 Å². The Kier molecular flexibility index (Phi) is 3.23. The molecule has 20 heavy (non-hydrogen) atoms. The van der Waals surface area contributed by atoms with Crippen LogP contribution < -0.4 is 4.74 Å². The van der Waals surface area contributed by atoms with Gasteiger partial charge in [-0.05, 0) is 18.1 Å². The van der Waals surface area contributed by atoms with Gasteiger partial charge in [0.25, 0.3) is 5.78 Å². The number of nitrogens with zero attached hydrogens (tertiary/aromatic N) is 4. The first kappa shape index (κ1) is 13.1. The van der Waals surface area contributed by atoms with Gasteiger partial charge < -0.3 is 4.74 Å². The third-order valence-electron chi connectivity index (χ3n) is 2.96. The van der Waals surface area contributed by atoms with Crippen LogP contribution in [-0.2, 0) is 0 Å². The second kappa shape index (κ2) is 4.92. The lowest BCUT2D eigenvalue weighted by Crippen LogP contribution is -1.98. The van der Waals surface area contributed by atoms with Crippen molar-refractivity contribution in [3.63, 3.8) is 0 Å². The Balaban J connectivity index is 2.34. The molecule has 0 saturated carbocycles. The zero-order valence-corrected chi connectivity index (χ0v) is 12.3. The van der Waals surface area contributed by atoms with Crippen LogP contribution in [0.1, 0.15) is 5.56 Å². The number of benzene rings is 1. The topological polar surface area (TPSA) is 52.3 Å². The lowest BCUT2D eigenvalue weighted by molar-refractivity contribution is 0.380. The molecular formula is C13H10Cl2N4O. The minimum Gasteiger partial charge on any atom is -0.466 e. The number of ether oxygens (including phenoxy) is 1. The van der Waals surface area contributed by atoms with Crippen molar-refractivity contribution in [2.75, 3.05) is 7.11 Å². The largest absolute Gasteiger partial charge is 0.466 e. The molecule has 0 saturated heterocycles. The van der Waals surface area contributed by atoms with Gasteiger partial charge in [0.1, 0.15) is 10.3 Å². The molecule has 0 amide bonds. The molecule has 0 aliphatic heterocycles. The average molecular weight is 309 g/mol. The molecule has 0 radical (unpaired) electrons. The third-order valence-corrected chi connectivity index (χ3v) is 3.59. The van der Waals surface area contributed by atoms with Gasteiger partial charge in [-0.1, -0.05) is 47.5 Å². The molecule has 3 rings (SSSR count). The van der Waals surface area contributed by atoms with Crippen molar-refractivity contribution < 1.29 is 4.74 Å². The average Bonchev–Trinajstić information content (AvgIpc) is 2.84. The van der Waals surface area contributed by atoms with Crippen LogP contribution >= 0.6 is 23.2 Å².